The molecule has 4 aromatic carbocycles. The van der Waals surface area contributed by atoms with Crippen molar-refractivity contribution in [1.82, 2.24) is 10.2 Å². The van der Waals surface area contributed by atoms with E-state index in [2.05, 4.69) is 21.2 Å². The van der Waals surface area contributed by atoms with E-state index in [-0.39, 0.29) is 23.4 Å². The Morgan fingerprint density at radius 3 is 2.13 bits per heavy atom. The number of carbonyl (C=O) groups is 2. The summed E-state index contributed by atoms with van der Waals surface area (Å²) < 4.78 is 30.3. The van der Waals surface area contributed by atoms with Crippen LogP contribution in [0.15, 0.2) is 112 Å². The molecule has 9 heteroatoms. The predicted molar refractivity (Wildman–Crippen MR) is 186 cm³/mol. The maximum Gasteiger partial charge on any atom is 0.264 e. The average molecular weight is 703 g/mol. The van der Waals surface area contributed by atoms with Crippen LogP contribution in [0, 0.1) is 13.8 Å². The highest BCUT2D eigenvalue weighted by molar-refractivity contribution is 9.10. The van der Waals surface area contributed by atoms with E-state index in [9.17, 15) is 18.0 Å². The third-order valence-corrected chi connectivity index (χ3v) is 10.7. The van der Waals surface area contributed by atoms with Crippen molar-refractivity contribution in [2.24, 2.45) is 0 Å². The largest absolute Gasteiger partial charge is 0.352 e. The fourth-order valence-electron chi connectivity index (χ4n) is 5.90. The summed E-state index contributed by atoms with van der Waals surface area (Å²) >= 11 is 3.43. The van der Waals surface area contributed by atoms with E-state index in [1.165, 1.54) is 0 Å². The van der Waals surface area contributed by atoms with Crippen LogP contribution in [0.4, 0.5) is 5.69 Å². The van der Waals surface area contributed by atoms with Gasteiger partial charge in [0.2, 0.25) is 11.8 Å². The van der Waals surface area contributed by atoms with Crippen LogP contribution in [0.3, 0.4) is 0 Å². The van der Waals surface area contributed by atoms with Crippen molar-refractivity contribution in [3.63, 3.8) is 0 Å². The van der Waals surface area contributed by atoms with Crippen LogP contribution in [-0.2, 0) is 32.6 Å². The number of benzene rings is 4. The van der Waals surface area contributed by atoms with Gasteiger partial charge >= 0.3 is 0 Å². The summed E-state index contributed by atoms with van der Waals surface area (Å²) in [6.07, 6.45) is 4.21. The summed E-state index contributed by atoms with van der Waals surface area (Å²) in [5.41, 5.74) is 4.07. The molecule has 0 unspecified atom stereocenters. The van der Waals surface area contributed by atoms with Gasteiger partial charge in [-0.05, 0) is 74.2 Å². The average Bonchev–Trinajstić information content (AvgIpc) is 3.55. The van der Waals surface area contributed by atoms with Crippen LogP contribution in [0.25, 0.3) is 0 Å². The topological polar surface area (TPSA) is 86.8 Å². The van der Waals surface area contributed by atoms with E-state index in [1.807, 2.05) is 68.4 Å². The van der Waals surface area contributed by atoms with Gasteiger partial charge in [-0.15, -0.1) is 0 Å². The standard InChI is InChI=1S/C37H40BrN3O4S/c1-27-15-21-34(22-16-27)46(44,45)41(33-19-17-31(38)18-20-33)26-36(42)40(25-30-12-8-9-28(2)23-30)35(24-29-10-4-3-5-11-29)37(43)39-32-13-6-7-14-32/h3-5,8-12,15-23,32,35H,6-7,13-14,24-26H2,1-2H3,(H,39,43)/t35-/m1/s1. The quantitative estimate of drug-likeness (QED) is 0.173. The van der Waals surface area contributed by atoms with E-state index in [4.69, 9.17) is 0 Å². The fourth-order valence-corrected chi connectivity index (χ4v) is 7.58. The van der Waals surface area contributed by atoms with E-state index >= 15 is 0 Å². The van der Waals surface area contributed by atoms with Gasteiger partial charge in [-0.25, -0.2) is 8.42 Å². The lowest BCUT2D eigenvalue weighted by molar-refractivity contribution is -0.140. The molecule has 46 heavy (non-hydrogen) atoms. The number of nitrogens with one attached hydrogen (secondary N) is 1. The highest BCUT2D eigenvalue weighted by Crippen LogP contribution is 2.27. The number of aryl methyl sites for hydroxylation is 2. The van der Waals surface area contributed by atoms with Gasteiger partial charge in [-0.2, -0.15) is 0 Å². The monoisotopic (exact) mass is 701 g/mol. The zero-order valence-electron chi connectivity index (χ0n) is 26.2. The van der Waals surface area contributed by atoms with E-state index in [0.29, 0.717) is 12.1 Å². The van der Waals surface area contributed by atoms with E-state index < -0.39 is 28.5 Å². The van der Waals surface area contributed by atoms with Gasteiger partial charge in [0.25, 0.3) is 10.0 Å². The van der Waals surface area contributed by atoms with Gasteiger partial charge in [0, 0.05) is 23.5 Å². The van der Waals surface area contributed by atoms with Crippen molar-refractivity contribution in [2.75, 3.05) is 10.8 Å². The van der Waals surface area contributed by atoms with Gasteiger partial charge in [0.15, 0.2) is 0 Å². The molecular weight excluding hydrogens is 662 g/mol. The van der Waals surface area contributed by atoms with Crippen molar-refractivity contribution in [1.29, 1.82) is 0 Å². The Balaban J connectivity index is 1.56. The predicted octanol–water partition coefficient (Wildman–Crippen LogP) is 6.96. The van der Waals surface area contributed by atoms with Crippen LogP contribution >= 0.6 is 15.9 Å². The third-order valence-electron chi connectivity index (χ3n) is 8.41. The second-order valence-corrected chi connectivity index (χ2v) is 14.8. The zero-order chi connectivity index (χ0) is 32.7. The number of anilines is 1. The zero-order valence-corrected chi connectivity index (χ0v) is 28.6. The van der Waals surface area contributed by atoms with Crippen molar-refractivity contribution >= 4 is 43.5 Å². The number of halogens is 1. The van der Waals surface area contributed by atoms with Crippen molar-refractivity contribution in [2.45, 2.75) is 69.5 Å². The van der Waals surface area contributed by atoms with Crippen LogP contribution in [0.5, 0.6) is 0 Å². The number of sulfonamides is 1. The Hall–Kier alpha value is -3.95. The molecule has 1 atom stereocenters. The van der Waals surface area contributed by atoms with Crippen LogP contribution in [0.1, 0.15) is 47.9 Å². The SMILES string of the molecule is Cc1ccc(S(=O)(=O)N(CC(=O)N(Cc2cccc(C)c2)[C@H](Cc2ccccc2)C(=O)NC2CCCC2)c2ccc(Br)cc2)cc1. The first-order valence-electron chi connectivity index (χ1n) is 15.6. The van der Waals surface area contributed by atoms with Crippen LogP contribution in [0.2, 0.25) is 0 Å². The molecule has 0 bridgehead atoms. The highest BCUT2D eigenvalue weighted by Gasteiger charge is 2.35. The van der Waals surface area contributed by atoms with Gasteiger partial charge in [-0.1, -0.05) is 107 Å². The maximum atomic E-state index is 14.6. The molecule has 0 aromatic heterocycles. The minimum absolute atomic E-state index is 0.0582. The lowest BCUT2D eigenvalue weighted by atomic mass is 10.0. The molecule has 0 aliphatic heterocycles. The molecule has 5 rings (SSSR count). The Bertz CT molecular complexity index is 1740. The second kappa shape index (κ2) is 15.1. The molecule has 7 nitrogen and oxygen atoms in total. The number of amides is 2. The summed E-state index contributed by atoms with van der Waals surface area (Å²) in [5, 5.41) is 3.21. The van der Waals surface area contributed by atoms with E-state index in [0.717, 1.165) is 56.7 Å². The Labute approximate surface area is 280 Å². The fraction of sp³-hybridized carbons (Fsp3) is 0.297. The molecule has 1 saturated carbocycles. The highest BCUT2D eigenvalue weighted by atomic mass is 79.9. The summed E-state index contributed by atoms with van der Waals surface area (Å²) in [4.78, 5) is 30.4. The Kier molecular flexibility index (Phi) is 11.0. The normalized spacial score (nSPS) is 14.1. The van der Waals surface area contributed by atoms with Crippen LogP contribution in [-0.4, -0.2) is 43.8 Å². The summed E-state index contributed by atoms with van der Waals surface area (Å²) in [7, 11) is -4.15. The lowest BCUT2D eigenvalue weighted by Crippen LogP contribution is -2.54. The first-order valence-corrected chi connectivity index (χ1v) is 17.9. The number of hydrogen-bond acceptors (Lipinski definition) is 4. The molecule has 4 aromatic rings. The lowest BCUT2D eigenvalue weighted by Gasteiger charge is -2.34. The first-order chi connectivity index (χ1) is 22.1. The van der Waals surface area contributed by atoms with Crippen molar-refractivity contribution in [3.8, 4) is 0 Å². The number of nitrogens with zero attached hydrogens (tertiary/aromatic N) is 2. The number of carbonyl (C=O) groups excluding carboxylic acids is 2. The molecule has 0 heterocycles. The molecule has 0 spiro atoms. The maximum absolute atomic E-state index is 14.6. The molecule has 1 aliphatic rings. The molecule has 1 fully saturated rings. The molecular formula is C37H40BrN3O4S. The molecule has 0 radical (unpaired) electrons. The molecule has 0 saturated heterocycles. The van der Waals surface area contributed by atoms with Gasteiger partial charge in [0.1, 0.15) is 12.6 Å². The van der Waals surface area contributed by atoms with Crippen molar-refractivity contribution in [3.05, 3.63) is 130 Å². The summed E-state index contributed by atoms with van der Waals surface area (Å²) in [6, 6.07) is 30.1. The summed E-state index contributed by atoms with van der Waals surface area (Å²) in [6.45, 7) is 3.53. The Morgan fingerprint density at radius 1 is 0.826 bits per heavy atom. The third kappa shape index (κ3) is 8.44. The van der Waals surface area contributed by atoms with Gasteiger partial charge in [-0.3, -0.25) is 13.9 Å². The first kappa shape index (κ1) is 33.4. The smallest absolute Gasteiger partial charge is 0.264 e. The molecule has 1 aliphatic carbocycles. The minimum Gasteiger partial charge on any atom is -0.352 e. The summed E-state index contributed by atoms with van der Waals surface area (Å²) in [5.74, 6) is -0.698. The molecule has 240 valence electrons. The van der Waals surface area contributed by atoms with Crippen LogP contribution < -0.4 is 9.62 Å². The molecule has 2 amide bonds. The minimum atomic E-state index is -4.15. The Morgan fingerprint density at radius 2 is 1.48 bits per heavy atom. The number of rotatable bonds is 12. The van der Waals surface area contributed by atoms with Gasteiger partial charge in [0.05, 0.1) is 10.6 Å². The van der Waals surface area contributed by atoms with E-state index in [1.54, 1.807) is 53.4 Å². The number of hydrogen-bond donors (Lipinski definition) is 1. The van der Waals surface area contributed by atoms with Crippen molar-refractivity contribution < 1.29 is 18.0 Å². The van der Waals surface area contributed by atoms with Gasteiger partial charge < -0.3 is 10.2 Å². The molecule has 1 N–H and O–H groups in total. The second-order valence-electron chi connectivity index (χ2n) is 12.0.